The molecule has 3 aliphatic heterocycles. The van der Waals surface area contributed by atoms with E-state index in [4.69, 9.17) is 21.1 Å². The summed E-state index contributed by atoms with van der Waals surface area (Å²) in [5, 5.41) is 9.67. The molecule has 0 saturated carbocycles. The highest BCUT2D eigenvalue weighted by Gasteiger charge is 2.75. The Morgan fingerprint density at radius 3 is 2.82 bits per heavy atom. The molecule has 1 aromatic rings. The molecule has 0 aliphatic carbocycles. The first-order valence-corrected chi connectivity index (χ1v) is 12.2. The number of anilines is 1. The van der Waals surface area contributed by atoms with Crippen molar-refractivity contribution in [2.24, 2.45) is 11.8 Å². The van der Waals surface area contributed by atoms with E-state index >= 15 is 0 Å². The number of amides is 2. The van der Waals surface area contributed by atoms with E-state index in [2.05, 4.69) is 6.58 Å². The van der Waals surface area contributed by atoms with Gasteiger partial charge in [-0.15, -0.1) is 6.58 Å². The number of esters is 1. The molecule has 184 valence electrons. The minimum Gasteiger partial charge on any atom is -0.466 e. The molecule has 5 atom stereocenters. The zero-order chi connectivity index (χ0) is 24.5. The van der Waals surface area contributed by atoms with Crippen LogP contribution in [0.4, 0.5) is 5.69 Å². The molecule has 1 spiro atoms. The van der Waals surface area contributed by atoms with E-state index in [-0.39, 0.29) is 38.1 Å². The summed E-state index contributed by atoms with van der Waals surface area (Å²) in [5.74, 6) is -2.55. The molecule has 3 fully saturated rings. The van der Waals surface area contributed by atoms with Crippen molar-refractivity contribution in [3.63, 3.8) is 0 Å². The van der Waals surface area contributed by atoms with Crippen molar-refractivity contribution in [3.05, 3.63) is 41.9 Å². The van der Waals surface area contributed by atoms with Gasteiger partial charge in [-0.2, -0.15) is 0 Å². The molecule has 9 heteroatoms. The monoisotopic (exact) mass is 490 g/mol. The van der Waals surface area contributed by atoms with Crippen LogP contribution in [0.3, 0.4) is 0 Å². The van der Waals surface area contributed by atoms with Gasteiger partial charge in [0.2, 0.25) is 5.91 Å². The number of aliphatic hydroxyl groups is 1. The Bertz CT molecular complexity index is 970. The van der Waals surface area contributed by atoms with Gasteiger partial charge in [-0.1, -0.05) is 29.8 Å². The number of hydrogen-bond donors (Lipinski definition) is 1. The summed E-state index contributed by atoms with van der Waals surface area (Å²) >= 11 is 6.43. The van der Waals surface area contributed by atoms with Crippen LogP contribution in [0, 0.1) is 11.8 Å². The number of nitrogens with zero attached hydrogens (tertiary/aromatic N) is 2. The van der Waals surface area contributed by atoms with Crippen LogP contribution in [0.2, 0.25) is 5.02 Å². The number of fused-ring (bicyclic) bond motifs is 1. The molecule has 3 saturated heterocycles. The quantitative estimate of drug-likeness (QED) is 0.307. The molecule has 4 rings (SSSR count). The van der Waals surface area contributed by atoms with Gasteiger partial charge < -0.3 is 24.4 Å². The molecule has 3 aliphatic rings. The van der Waals surface area contributed by atoms with Gasteiger partial charge in [-0.25, -0.2) is 0 Å². The zero-order valence-corrected chi connectivity index (χ0v) is 20.1. The normalized spacial score (nSPS) is 29.3. The van der Waals surface area contributed by atoms with E-state index in [1.54, 1.807) is 42.2 Å². The maximum atomic E-state index is 14.2. The maximum Gasteiger partial charge on any atom is 0.312 e. The minimum atomic E-state index is -1.10. The van der Waals surface area contributed by atoms with E-state index < -0.39 is 35.6 Å². The van der Waals surface area contributed by atoms with Crippen LogP contribution in [-0.4, -0.2) is 71.8 Å². The van der Waals surface area contributed by atoms with Crippen molar-refractivity contribution in [2.75, 3.05) is 31.2 Å². The Labute approximate surface area is 204 Å². The second-order valence-corrected chi connectivity index (χ2v) is 9.37. The molecular formula is C25H31ClN2O6. The Morgan fingerprint density at radius 2 is 2.15 bits per heavy atom. The average molecular weight is 491 g/mol. The third-order valence-electron chi connectivity index (χ3n) is 7.12. The molecular weight excluding hydrogens is 460 g/mol. The highest BCUT2D eigenvalue weighted by atomic mass is 35.5. The van der Waals surface area contributed by atoms with E-state index in [0.717, 1.165) is 0 Å². The first-order chi connectivity index (χ1) is 16.4. The molecule has 3 heterocycles. The van der Waals surface area contributed by atoms with Gasteiger partial charge in [0.05, 0.1) is 35.3 Å². The lowest BCUT2D eigenvalue weighted by atomic mass is 9.70. The van der Waals surface area contributed by atoms with Crippen LogP contribution < -0.4 is 4.90 Å². The van der Waals surface area contributed by atoms with Gasteiger partial charge >= 0.3 is 5.97 Å². The lowest BCUT2D eigenvalue weighted by Gasteiger charge is -2.37. The summed E-state index contributed by atoms with van der Waals surface area (Å²) in [4.78, 5) is 43.8. The largest absolute Gasteiger partial charge is 0.466 e. The van der Waals surface area contributed by atoms with Gasteiger partial charge in [0.15, 0.2) is 0 Å². The number of para-hydroxylation sites is 1. The first kappa shape index (κ1) is 24.7. The van der Waals surface area contributed by atoms with E-state index in [1.165, 1.54) is 4.90 Å². The standard InChI is InChI=1S/C25H31ClN2O6/c1-3-13-27(17-10-6-5-9-16(17)26)23(31)21-25-12-11-18(34-25)19(24(32)33-4-2)20(25)22(30)28(21)14-7-8-15-29/h3,5-6,9-10,18-21,29H,1,4,7-8,11-15H2,2H3/t18-,19+,20+,21?,25?/m1/s1. The van der Waals surface area contributed by atoms with Crippen molar-refractivity contribution in [2.45, 2.75) is 50.4 Å². The molecule has 1 N–H and O–H groups in total. The summed E-state index contributed by atoms with van der Waals surface area (Å²) < 4.78 is 11.7. The number of carbonyl (C=O) groups excluding carboxylic acids is 3. The Hall–Kier alpha value is -2.42. The van der Waals surface area contributed by atoms with Crippen molar-refractivity contribution in [1.82, 2.24) is 4.90 Å². The number of carbonyl (C=O) groups is 3. The molecule has 1 aromatic carbocycles. The highest BCUT2D eigenvalue weighted by molar-refractivity contribution is 6.34. The number of ether oxygens (including phenoxy) is 2. The fourth-order valence-corrected chi connectivity index (χ4v) is 6.07. The summed E-state index contributed by atoms with van der Waals surface area (Å²) in [7, 11) is 0. The number of likely N-dealkylation sites (tertiary alicyclic amines) is 1. The molecule has 34 heavy (non-hydrogen) atoms. The van der Waals surface area contributed by atoms with Crippen LogP contribution in [0.5, 0.6) is 0 Å². The lowest BCUT2D eigenvalue weighted by Crippen LogP contribution is -2.56. The number of unbranched alkanes of at least 4 members (excludes halogenated alkanes) is 1. The molecule has 2 unspecified atom stereocenters. The predicted octanol–water partition coefficient (Wildman–Crippen LogP) is 2.57. The zero-order valence-electron chi connectivity index (χ0n) is 19.3. The summed E-state index contributed by atoms with van der Waals surface area (Å²) in [6.45, 7) is 6.19. The van der Waals surface area contributed by atoms with Crippen molar-refractivity contribution in [3.8, 4) is 0 Å². The second kappa shape index (κ2) is 10.1. The van der Waals surface area contributed by atoms with Crippen LogP contribution in [0.15, 0.2) is 36.9 Å². The fraction of sp³-hybridized carbons (Fsp3) is 0.560. The van der Waals surface area contributed by atoms with Crippen LogP contribution in [0.25, 0.3) is 0 Å². The molecule has 0 radical (unpaired) electrons. The number of hydrogen-bond acceptors (Lipinski definition) is 6. The fourth-order valence-electron chi connectivity index (χ4n) is 5.83. The number of benzene rings is 1. The van der Waals surface area contributed by atoms with Gasteiger partial charge in [0.1, 0.15) is 11.6 Å². The van der Waals surface area contributed by atoms with E-state index in [9.17, 15) is 19.5 Å². The van der Waals surface area contributed by atoms with Gasteiger partial charge in [-0.3, -0.25) is 14.4 Å². The predicted molar refractivity (Wildman–Crippen MR) is 126 cm³/mol. The smallest absolute Gasteiger partial charge is 0.312 e. The van der Waals surface area contributed by atoms with Crippen molar-refractivity contribution >= 4 is 35.1 Å². The lowest BCUT2D eigenvalue weighted by molar-refractivity contribution is -0.154. The maximum absolute atomic E-state index is 14.2. The Kier molecular flexibility index (Phi) is 7.31. The molecule has 8 nitrogen and oxygen atoms in total. The second-order valence-electron chi connectivity index (χ2n) is 8.96. The summed E-state index contributed by atoms with van der Waals surface area (Å²) in [6, 6.07) is 6.11. The molecule has 0 aromatic heterocycles. The summed E-state index contributed by atoms with van der Waals surface area (Å²) in [5.41, 5.74) is -0.581. The SMILES string of the molecule is C=CCN(C(=O)C1N(CCCCO)C(=O)[C@@H]2[C@@H](C(=O)OCC)[C@H]3CCC12O3)c1ccccc1Cl. The number of rotatable bonds is 10. The van der Waals surface area contributed by atoms with E-state index in [1.807, 2.05) is 0 Å². The summed E-state index contributed by atoms with van der Waals surface area (Å²) in [6.07, 6.45) is 3.26. The third kappa shape index (κ3) is 3.91. The molecule has 2 amide bonds. The topological polar surface area (TPSA) is 96.4 Å². The van der Waals surface area contributed by atoms with Crippen molar-refractivity contribution in [1.29, 1.82) is 0 Å². The van der Waals surface area contributed by atoms with Crippen LogP contribution in [0.1, 0.15) is 32.6 Å². The first-order valence-electron chi connectivity index (χ1n) is 11.8. The minimum absolute atomic E-state index is 0.0124. The third-order valence-corrected chi connectivity index (χ3v) is 7.44. The number of halogens is 1. The Morgan fingerprint density at radius 1 is 1.38 bits per heavy atom. The number of aliphatic hydroxyl groups excluding tert-OH is 1. The highest BCUT2D eigenvalue weighted by Crippen LogP contribution is 2.59. The van der Waals surface area contributed by atoms with Gasteiger partial charge in [0.25, 0.3) is 5.91 Å². The van der Waals surface area contributed by atoms with Gasteiger partial charge in [-0.05, 0) is 44.7 Å². The molecule has 2 bridgehead atoms. The van der Waals surface area contributed by atoms with E-state index in [0.29, 0.717) is 36.4 Å². The van der Waals surface area contributed by atoms with Crippen molar-refractivity contribution < 1.29 is 29.0 Å². The Balaban J connectivity index is 1.76. The van der Waals surface area contributed by atoms with Gasteiger partial charge in [0, 0.05) is 19.7 Å². The van der Waals surface area contributed by atoms with Crippen LogP contribution in [-0.2, 0) is 23.9 Å². The average Bonchev–Trinajstić information content (AvgIpc) is 3.46. The van der Waals surface area contributed by atoms with Crippen LogP contribution >= 0.6 is 11.6 Å².